The summed E-state index contributed by atoms with van der Waals surface area (Å²) in [7, 11) is 0. The highest BCUT2D eigenvalue weighted by atomic mass is 19.4. The molecule has 90 valence electrons. The quantitative estimate of drug-likeness (QED) is 0.813. The van der Waals surface area contributed by atoms with E-state index < -0.39 is 12.8 Å². The molecule has 1 rings (SSSR count). The fourth-order valence-corrected chi connectivity index (χ4v) is 1.24. The molecule has 0 bridgehead atoms. The lowest BCUT2D eigenvalue weighted by atomic mass is 10.1. The van der Waals surface area contributed by atoms with E-state index in [0.717, 1.165) is 5.57 Å². The van der Waals surface area contributed by atoms with E-state index in [0.29, 0.717) is 12.2 Å². The molecular formula is C11H14F3NO. The molecule has 0 amide bonds. The smallest absolute Gasteiger partial charge is 0.422 e. The van der Waals surface area contributed by atoms with Crippen LogP contribution in [0.3, 0.4) is 0 Å². The zero-order chi connectivity index (χ0) is 12.2. The monoisotopic (exact) mass is 233 g/mol. The maximum absolute atomic E-state index is 11.9. The topological polar surface area (TPSA) is 35.2 Å². The average molecular weight is 233 g/mol. The van der Waals surface area contributed by atoms with Gasteiger partial charge >= 0.3 is 6.18 Å². The molecular weight excluding hydrogens is 219 g/mol. The maximum Gasteiger partial charge on any atom is 0.422 e. The van der Waals surface area contributed by atoms with Crippen molar-refractivity contribution in [3.05, 3.63) is 35.6 Å². The zero-order valence-corrected chi connectivity index (χ0v) is 8.92. The van der Waals surface area contributed by atoms with Crippen molar-refractivity contribution in [3.8, 4) is 0 Å². The first-order valence-corrected chi connectivity index (χ1v) is 4.91. The third kappa shape index (κ3) is 4.53. The van der Waals surface area contributed by atoms with Gasteiger partial charge in [-0.2, -0.15) is 13.2 Å². The van der Waals surface area contributed by atoms with E-state index in [-0.39, 0.29) is 6.04 Å². The normalized spacial score (nSPS) is 18.6. The number of rotatable bonds is 3. The van der Waals surface area contributed by atoms with Crippen LogP contribution < -0.4 is 5.73 Å². The van der Waals surface area contributed by atoms with Gasteiger partial charge in [-0.15, -0.1) is 0 Å². The number of alkyl halides is 3. The van der Waals surface area contributed by atoms with Crippen LogP contribution in [0.15, 0.2) is 35.6 Å². The Morgan fingerprint density at radius 1 is 1.50 bits per heavy atom. The Bertz CT molecular complexity index is 327. The van der Waals surface area contributed by atoms with E-state index in [1.54, 1.807) is 18.2 Å². The standard InChI is InChI=1S/C11H14F3NO/c1-8(15)9-3-2-4-10(6-5-9)16-7-11(12,13)14/h2-5,8H,6-7,15H2,1H3. The van der Waals surface area contributed by atoms with Crippen molar-refractivity contribution < 1.29 is 17.9 Å². The van der Waals surface area contributed by atoms with Crippen LogP contribution in [-0.2, 0) is 4.74 Å². The minimum Gasteiger partial charge on any atom is -0.488 e. The summed E-state index contributed by atoms with van der Waals surface area (Å²) >= 11 is 0. The molecule has 0 spiro atoms. The molecule has 0 aromatic heterocycles. The number of hydrogen-bond acceptors (Lipinski definition) is 2. The van der Waals surface area contributed by atoms with Gasteiger partial charge in [0.05, 0.1) is 0 Å². The molecule has 0 fully saturated rings. The lowest BCUT2D eigenvalue weighted by Crippen LogP contribution is -2.17. The van der Waals surface area contributed by atoms with Gasteiger partial charge in [0, 0.05) is 12.5 Å². The molecule has 1 aliphatic carbocycles. The molecule has 5 heteroatoms. The number of halogens is 3. The van der Waals surface area contributed by atoms with Gasteiger partial charge in [0.1, 0.15) is 5.76 Å². The van der Waals surface area contributed by atoms with E-state index in [2.05, 4.69) is 4.74 Å². The number of nitrogens with two attached hydrogens (primary N) is 1. The molecule has 0 heterocycles. The summed E-state index contributed by atoms with van der Waals surface area (Å²) in [4.78, 5) is 0. The largest absolute Gasteiger partial charge is 0.488 e. The van der Waals surface area contributed by atoms with Crippen LogP contribution in [0.4, 0.5) is 13.2 Å². The highest BCUT2D eigenvalue weighted by molar-refractivity contribution is 5.31. The van der Waals surface area contributed by atoms with Crippen molar-refractivity contribution >= 4 is 0 Å². The summed E-state index contributed by atoms with van der Waals surface area (Å²) < 4.78 is 40.4. The second kappa shape index (κ2) is 5.21. The molecule has 1 unspecified atom stereocenters. The van der Waals surface area contributed by atoms with E-state index >= 15 is 0 Å². The summed E-state index contributed by atoms with van der Waals surface area (Å²) in [5.74, 6) is 0.296. The third-order valence-electron chi connectivity index (χ3n) is 2.06. The van der Waals surface area contributed by atoms with E-state index in [4.69, 9.17) is 5.73 Å². The zero-order valence-electron chi connectivity index (χ0n) is 8.92. The number of hydrogen-bond donors (Lipinski definition) is 1. The lowest BCUT2D eigenvalue weighted by Gasteiger charge is -2.10. The van der Waals surface area contributed by atoms with Gasteiger partial charge in [0.15, 0.2) is 6.61 Å². The lowest BCUT2D eigenvalue weighted by molar-refractivity contribution is -0.165. The molecule has 1 aliphatic rings. The van der Waals surface area contributed by atoms with Crippen LogP contribution >= 0.6 is 0 Å². The van der Waals surface area contributed by atoms with E-state index in [1.807, 2.05) is 6.92 Å². The minimum atomic E-state index is -4.30. The summed E-state index contributed by atoms with van der Waals surface area (Å²) in [6, 6.07) is -0.133. The molecule has 2 nitrogen and oxygen atoms in total. The molecule has 0 saturated heterocycles. The highest BCUT2D eigenvalue weighted by Crippen LogP contribution is 2.20. The van der Waals surface area contributed by atoms with Gasteiger partial charge < -0.3 is 10.5 Å². The Kier molecular flexibility index (Phi) is 4.18. The van der Waals surface area contributed by atoms with E-state index in [9.17, 15) is 13.2 Å². The molecule has 0 radical (unpaired) electrons. The Morgan fingerprint density at radius 2 is 2.19 bits per heavy atom. The second-order valence-corrected chi connectivity index (χ2v) is 3.59. The predicted octanol–water partition coefficient (Wildman–Crippen LogP) is 2.68. The summed E-state index contributed by atoms with van der Waals surface area (Å²) in [5, 5.41) is 0. The fourth-order valence-electron chi connectivity index (χ4n) is 1.24. The van der Waals surface area contributed by atoms with Crippen LogP contribution in [0.5, 0.6) is 0 Å². The van der Waals surface area contributed by atoms with Gasteiger partial charge in [-0.1, -0.05) is 18.2 Å². The summed E-state index contributed by atoms with van der Waals surface area (Å²) in [6.45, 7) is 0.561. The van der Waals surface area contributed by atoms with Crippen LogP contribution in [0.25, 0.3) is 0 Å². The minimum absolute atomic E-state index is 0.133. The average Bonchev–Trinajstić information content (AvgIpc) is 2.38. The van der Waals surface area contributed by atoms with Crippen molar-refractivity contribution in [3.63, 3.8) is 0 Å². The Hall–Kier alpha value is -1.23. The van der Waals surface area contributed by atoms with Gasteiger partial charge in [0.25, 0.3) is 0 Å². The highest BCUT2D eigenvalue weighted by Gasteiger charge is 2.28. The molecule has 0 saturated carbocycles. The predicted molar refractivity (Wildman–Crippen MR) is 55.6 cm³/mol. The van der Waals surface area contributed by atoms with Crippen molar-refractivity contribution in [1.82, 2.24) is 0 Å². The summed E-state index contributed by atoms with van der Waals surface area (Å²) in [5.41, 5.74) is 6.55. The van der Waals surface area contributed by atoms with Crippen LogP contribution in [-0.4, -0.2) is 18.8 Å². The molecule has 1 atom stereocenters. The first kappa shape index (κ1) is 12.8. The molecule has 16 heavy (non-hydrogen) atoms. The molecule has 0 aromatic carbocycles. The van der Waals surface area contributed by atoms with Gasteiger partial charge in [-0.25, -0.2) is 0 Å². The number of ether oxygens (including phenoxy) is 1. The molecule has 0 aromatic rings. The summed E-state index contributed by atoms with van der Waals surface area (Å²) in [6.07, 6.45) is 2.75. The van der Waals surface area contributed by atoms with Crippen molar-refractivity contribution in [1.29, 1.82) is 0 Å². The van der Waals surface area contributed by atoms with E-state index in [1.165, 1.54) is 6.08 Å². The first-order chi connectivity index (χ1) is 7.38. The van der Waals surface area contributed by atoms with Crippen LogP contribution in [0.1, 0.15) is 13.3 Å². The van der Waals surface area contributed by atoms with Gasteiger partial charge in [-0.05, 0) is 18.6 Å². The molecule has 0 aliphatic heterocycles. The number of allylic oxidation sites excluding steroid dienone is 3. The first-order valence-electron chi connectivity index (χ1n) is 4.91. The molecule has 2 N–H and O–H groups in total. The third-order valence-corrected chi connectivity index (χ3v) is 2.06. The van der Waals surface area contributed by atoms with Gasteiger partial charge in [-0.3, -0.25) is 0 Å². The second-order valence-electron chi connectivity index (χ2n) is 3.59. The van der Waals surface area contributed by atoms with Crippen molar-refractivity contribution in [2.24, 2.45) is 5.73 Å². The Balaban J connectivity index is 2.54. The Labute approximate surface area is 92.3 Å². The van der Waals surface area contributed by atoms with Crippen LogP contribution in [0, 0.1) is 0 Å². The van der Waals surface area contributed by atoms with Crippen molar-refractivity contribution in [2.45, 2.75) is 25.6 Å². The Morgan fingerprint density at radius 3 is 2.75 bits per heavy atom. The van der Waals surface area contributed by atoms with Gasteiger partial charge in [0.2, 0.25) is 0 Å². The van der Waals surface area contributed by atoms with Crippen molar-refractivity contribution in [2.75, 3.05) is 6.61 Å². The van der Waals surface area contributed by atoms with Crippen LogP contribution in [0.2, 0.25) is 0 Å². The SMILES string of the molecule is CC(N)C1=CCC(OCC(F)(F)F)=CC=C1. The maximum atomic E-state index is 11.9. The fraction of sp³-hybridized carbons (Fsp3) is 0.455.